The van der Waals surface area contributed by atoms with Gasteiger partial charge in [-0.3, -0.25) is 0 Å². The van der Waals surface area contributed by atoms with E-state index in [-0.39, 0.29) is 0 Å². The quantitative estimate of drug-likeness (QED) is 0.660. The van der Waals surface area contributed by atoms with Crippen LogP contribution in [0.15, 0.2) is 0 Å². The van der Waals surface area contributed by atoms with Gasteiger partial charge in [0.2, 0.25) is 0 Å². The smallest absolute Gasteiger partial charge is 0.0474 e. The maximum absolute atomic E-state index is 9.32. The molecular weight excluding hydrogens is 162 g/mol. The molecule has 1 aliphatic carbocycles. The van der Waals surface area contributed by atoms with Crippen LogP contribution in [0.25, 0.3) is 0 Å². The average Bonchev–Trinajstić information content (AvgIpc) is 2.47. The first-order valence-corrected chi connectivity index (χ1v) is 5.51. The van der Waals surface area contributed by atoms with Gasteiger partial charge in [-0.2, -0.15) is 0 Å². The zero-order valence-electron chi connectivity index (χ0n) is 8.74. The van der Waals surface area contributed by atoms with Crippen molar-refractivity contribution >= 4 is 0 Å². The van der Waals surface area contributed by atoms with Crippen LogP contribution in [0.3, 0.4) is 0 Å². The normalized spacial score (nSPS) is 46.4. The fraction of sp³-hybridized carbons (Fsp3) is 1.00. The summed E-state index contributed by atoms with van der Waals surface area (Å²) in [7, 11) is 2.18. The lowest BCUT2D eigenvalue weighted by molar-refractivity contribution is 0.0462. The highest BCUT2D eigenvalue weighted by atomic mass is 16.3. The molecule has 4 atom stereocenters. The average molecular weight is 183 g/mol. The number of aliphatic hydroxyl groups is 1. The van der Waals surface area contributed by atoms with Gasteiger partial charge in [-0.1, -0.05) is 13.3 Å². The summed E-state index contributed by atoms with van der Waals surface area (Å²) in [5.74, 6) is 3.10. The molecule has 1 saturated carbocycles. The first kappa shape index (κ1) is 9.47. The van der Waals surface area contributed by atoms with E-state index in [2.05, 4.69) is 18.9 Å². The second-order valence-electron chi connectivity index (χ2n) is 5.05. The molecule has 1 N–H and O–H groups in total. The summed E-state index contributed by atoms with van der Waals surface area (Å²) in [6.45, 7) is 5.11. The summed E-state index contributed by atoms with van der Waals surface area (Å²) in [5.41, 5.74) is 0. The molecule has 0 aromatic heterocycles. The molecule has 2 nitrogen and oxygen atoms in total. The van der Waals surface area contributed by atoms with Crippen LogP contribution >= 0.6 is 0 Å². The van der Waals surface area contributed by atoms with Gasteiger partial charge in [0.1, 0.15) is 0 Å². The molecule has 1 saturated heterocycles. The molecule has 13 heavy (non-hydrogen) atoms. The molecule has 0 spiro atoms. The molecular formula is C11H21NO. The fourth-order valence-electron chi connectivity index (χ4n) is 3.37. The van der Waals surface area contributed by atoms with E-state index in [1.54, 1.807) is 0 Å². The minimum absolute atomic E-state index is 0.387. The van der Waals surface area contributed by atoms with Gasteiger partial charge in [0.15, 0.2) is 0 Å². The van der Waals surface area contributed by atoms with Crippen LogP contribution < -0.4 is 0 Å². The van der Waals surface area contributed by atoms with E-state index < -0.39 is 0 Å². The van der Waals surface area contributed by atoms with Gasteiger partial charge in [0.05, 0.1) is 0 Å². The van der Waals surface area contributed by atoms with Gasteiger partial charge in [0, 0.05) is 19.7 Å². The molecule has 76 valence electrons. The molecule has 0 bridgehead atoms. The number of piperidine rings is 1. The van der Waals surface area contributed by atoms with E-state index in [1.807, 2.05) is 0 Å². The van der Waals surface area contributed by atoms with Crippen LogP contribution in [0, 0.1) is 23.7 Å². The minimum atomic E-state index is 0.387. The van der Waals surface area contributed by atoms with Crippen LogP contribution in [-0.2, 0) is 0 Å². The van der Waals surface area contributed by atoms with E-state index in [0.717, 1.165) is 24.3 Å². The molecule has 0 aromatic carbocycles. The Morgan fingerprint density at radius 2 is 2.00 bits per heavy atom. The lowest BCUT2D eigenvalue weighted by Crippen LogP contribution is -2.45. The number of likely N-dealkylation sites (tertiary alicyclic amines) is 1. The summed E-state index contributed by atoms with van der Waals surface area (Å²) < 4.78 is 0. The van der Waals surface area contributed by atoms with Gasteiger partial charge in [-0.15, -0.1) is 0 Å². The van der Waals surface area contributed by atoms with Crippen molar-refractivity contribution in [3.05, 3.63) is 0 Å². The van der Waals surface area contributed by atoms with Gasteiger partial charge in [0.25, 0.3) is 0 Å². The molecule has 1 heterocycles. The first-order valence-electron chi connectivity index (χ1n) is 5.51. The van der Waals surface area contributed by atoms with Crippen molar-refractivity contribution in [3.8, 4) is 0 Å². The van der Waals surface area contributed by atoms with Gasteiger partial charge >= 0.3 is 0 Å². The number of aliphatic hydroxyl groups excluding tert-OH is 1. The zero-order valence-corrected chi connectivity index (χ0v) is 8.74. The summed E-state index contributed by atoms with van der Waals surface area (Å²) in [6.07, 6.45) is 2.73. The lowest BCUT2D eigenvalue weighted by atomic mass is 9.78. The molecule has 0 radical (unpaired) electrons. The third-order valence-electron chi connectivity index (χ3n) is 4.14. The SMILES string of the molecule is C[C@@H]1CC[C@@H]2[C@@H](CO)CN(C)C[C@H]21. The highest BCUT2D eigenvalue weighted by Gasteiger charge is 2.41. The summed E-state index contributed by atoms with van der Waals surface area (Å²) in [4.78, 5) is 2.39. The maximum Gasteiger partial charge on any atom is 0.0474 e. The minimum Gasteiger partial charge on any atom is -0.396 e. The number of hydrogen-bond acceptors (Lipinski definition) is 2. The zero-order chi connectivity index (χ0) is 9.42. The fourth-order valence-corrected chi connectivity index (χ4v) is 3.37. The van der Waals surface area contributed by atoms with E-state index >= 15 is 0 Å². The Hall–Kier alpha value is -0.0800. The third-order valence-corrected chi connectivity index (χ3v) is 4.14. The largest absolute Gasteiger partial charge is 0.396 e. The second kappa shape index (κ2) is 3.58. The molecule has 0 amide bonds. The summed E-state index contributed by atoms with van der Waals surface area (Å²) in [5, 5.41) is 9.32. The van der Waals surface area contributed by atoms with Crippen molar-refractivity contribution in [1.29, 1.82) is 0 Å². The Bertz CT molecular complexity index is 183. The Morgan fingerprint density at radius 3 is 2.69 bits per heavy atom. The number of nitrogens with zero attached hydrogens (tertiary/aromatic N) is 1. The Morgan fingerprint density at radius 1 is 1.23 bits per heavy atom. The molecule has 2 rings (SSSR count). The van der Waals surface area contributed by atoms with E-state index in [1.165, 1.54) is 19.4 Å². The number of rotatable bonds is 1. The predicted molar refractivity (Wildman–Crippen MR) is 53.5 cm³/mol. The molecule has 1 aliphatic heterocycles. The standard InChI is InChI=1S/C11H21NO/c1-8-3-4-10-9(7-13)5-12(2)6-11(8)10/h8-11,13H,3-7H2,1-2H3/t8-,9-,10-,11+/m1/s1. The van der Waals surface area contributed by atoms with E-state index in [4.69, 9.17) is 0 Å². The monoisotopic (exact) mass is 183 g/mol. The Labute approximate surface area is 80.9 Å². The highest BCUT2D eigenvalue weighted by molar-refractivity contribution is 4.92. The lowest BCUT2D eigenvalue weighted by Gasteiger charge is -2.39. The molecule has 2 aliphatic rings. The van der Waals surface area contributed by atoms with Crippen LogP contribution in [0.2, 0.25) is 0 Å². The molecule has 2 fully saturated rings. The third kappa shape index (κ3) is 1.62. The second-order valence-corrected chi connectivity index (χ2v) is 5.05. The van der Waals surface area contributed by atoms with Crippen LogP contribution in [0.5, 0.6) is 0 Å². The van der Waals surface area contributed by atoms with Crippen molar-refractivity contribution in [2.24, 2.45) is 23.7 Å². The maximum atomic E-state index is 9.32. The van der Waals surface area contributed by atoms with Crippen molar-refractivity contribution < 1.29 is 5.11 Å². The summed E-state index contributed by atoms with van der Waals surface area (Å²) >= 11 is 0. The number of hydrogen-bond donors (Lipinski definition) is 1. The molecule has 0 unspecified atom stereocenters. The van der Waals surface area contributed by atoms with Gasteiger partial charge < -0.3 is 10.0 Å². The van der Waals surface area contributed by atoms with Gasteiger partial charge in [-0.05, 0) is 37.1 Å². The van der Waals surface area contributed by atoms with Crippen molar-refractivity contribution in [1.82, 2.24) is 4.90 Å². The number of fused-ring (bicyclic) bond motifs is 1. The van der Waals surface area contributed by atoms with E-state index in [9.17, 15) is 5.11 Å². The van der Waals surface area contributed by atoms with Crippen molar-refractivity contribution in [2.75, 3.05) is 26.7 Å². The van der Waals surface area contributed by atoms with Gasteiger partial charge in [-0.25, -0.2) is 0 Å². The molecule has 0 aromatic rings. The summed E-state index contributed by atoms with van der Waals surface area (Å²) in [6, 6.07) is 0. The van der Waals surface area contributed by atoms with Crippen molar-refractivity contribution in [2.45, 2.75) is 19.8 Å². The Kier molecular flexibility index (Phi) is 2.61. The van der Waals surface area contributed by atoms with E-state index in [0.29, 0.717) is 12.5 Å². The van der Waals surface area contributed by atoms with Crippen LogP contribution in [-0.4, -0.2) is 36.8 Å². The van der Waals surface area contributed by atoms with Crippen LogP contribution in [0.1, 0.15) is 19.8 Å². The molecule has 2 heteroatoms. The highest BCUT2D eigenvalue weighted by Crippen LogP contribution is 2.43. The first-order chi connectivity index (χ1) is 6.22. The van der Waals surface area contributed by atoms with Crippen molar-refractivity contribution in [3.63, 3.8) is 0 Å². The van der Waals surface area contributed by atoms with Crippen LogP contribution in [0.4, 0.5) is 0 Å². The predicted octanol–water partition coefficient (Wildman–Crippen LogP) is 1.20. The Balaban J connectivity index is 2.08. The topological polar surface area (TPSA) is 23.5 Å².